The number of para-hydroxylation sites is 1. The smallest absolute Gasteiger partial charge is 0.251 e. The zero-order valence-electron chi connectivity index (χ0n) is 12.0. The highest BCUT2D eigenvalue weighted by Gasteiger charge is 2.23. The van der Waals surface area contributed by atoms with E-state index in [4.69, 9.17) is 4.74 Å². The van der Waals surface area contributed by atoms with Gasteiger partial charge in [0.1, 0.15) is 0 Å². The molecule has 0 unspecified atom stereocenters. The van der Waals surface area contributed by atoms with Crippen molar-refractivity contribution in [2.75, 3.05) is 13.2 Å². The summed E-state index contributed by atoms with van der Waals surface area (Å²) in [6.45, 7) is 3.48. The van der Waals surface area contributed by atoms with Crippen molar-refractivity contribution < 1.29 is 4.74 Å². The van der Waals surface area contributed by atoms with E-state index in [1.165, 1.54) is 5.56 Å². The SMILES string of the molecule is Cc1c(C2CCOCC2)c2[nH]c3ccccc3c2[nH]c1=O. The Morgan fingerprint density at radius 2 is 1.86 bits per heavy atom. The second-order valence-corrected chi connectivity index (χ2v) is 5.80. The maximum atomic E-state index is 12.3. The molecule has 1 aliphatic rings. The Morgan fingerprint density at radius 3 is 2.67 bits per heavy atom. The molecular formula is C17H18N2O2. The Bertz CT molecular complexity index is 869. The van der Waals surface area contributed by atoms with Crippen LogP contribution < -0.4 is 5.56 Å². The second-order valence-electron chi connectivity index (χ2n) is 5.80. The van der Waals surface area contributed by atoms with E-state index in [-0.39, 0.29) is 5.56 Å². The molecule has 0 aliphatic carbocycles. The largest absolute Gasteiger partial charge is 0.381 e. The van der Waals surface area contributed by atoms with Crippen molar-refractivity contribution in [2.24, 2.45) is 0 Å². The molecule has 1 saturated heterocycles. The minimum absolute atomic E-state index is 0.0220. The van der Waals surface area contributed by atoms with Crippen LogP contribution >= 0.6 is 0 Å². The number of H-pyrrole nitrogens is 2. The van der Waals surface area contributed by atoms with Crippen molar-refractivity contribution in [2.45, 2.75) is 25.7 Å². The van der Waals surface area contributed by atoms with Gasteiger partial charge in [0.25, 0.3) is 5.56 Å². The molecule has 2 N–H and O–H groups in total. The number of fused-ring (bicyclic) bond motifs is 3. The molecule has 0 atom stereocenters. The number of aromatic nitrogens is 2. The van der Waals surface area contributed by atoms with Gasteiger partial charge in [-0.2, -0.15) is 0 Å². The first-order valence-electron chi connectivity index (χ1n) is 7.46. The topological polar surface area (TPSA) is 57.9 Å². The molecule has 21 heavy (non-hydrogen) atoms. The Kier molecular flexibility index (Phi) is 2.86. The highest BCUT2D eigenvalue weighted by Crippen LogP contribution is 2.35. The van der Waals surface area contributed by atoms with E-state index in [0.717, 1.165) is 53.6 Å². The lowest BCUT2D eigenvalue weighted by atomic mass is 9.88. The normalized spacial score (nSPS) is 16.8. The molecule has 0 radical (unpaired) electrons. The maximum absolute atomic E-state index is 12.3. The predicted molar refractivity (Wildman–Crippen MR) is 84.0 cm³/mol. The van der Waals surface area contributed by atoms with Crippen LogP contribution in [0.4, 0.5) is 0 Å². The summed E-state index contributed by atoms with van der Waals surface area (Å²) in [6, 6.07) is 8.11. The van der Waals surface area contributed by atoms with Gasteiger partial charge in [0, 0.05) is 29.7 Å². The number of ether oxygens (including phenoxy) is 1. The van der Waals surface area contributed by atoms with Gasteiger partial charge >= 0.3 is 0 Å². The fraction of sp³-hybridized carbons (Fsp3) is 0.353. The van der Waals surface area contributed by atoms with E-state index in [2.05, 4.69) is 16.0 Å². The minimum Gasteiger partial charge on any atom is -0.381 e. The molecule has 1 fully saturated rings. The van der Waals surface area contributed by atoms with E-state index in [1.54, 1.807) is 0 Å². The molecule has 0 saturated carbocycles. The number of nitrogens with one attached hydrogen (secondary N) is 2. The number of rotatable bonds is 1. The van der Waals surface area contributed by atoms with Crippen LogP contribution in [0.1, 0.15) is 29.9 Å². The zero-order chi connectivity index (χ0) is 14.4. The quantitative estimate of drug-likeness (QED) is 0.720. The van der Waals surface area contributed by atoms with Crippen molar-refractivity contribution >= 4 is 21.9 Å². The maximum Gasteiger partial charge on any atom is 0.251 e. The number of benzene rings is 1. The van der Waals surface area contributed by atoms with E-state index in [9.17, 15) is 4.79 Å². The summed E-state index contributed by atoms with van der Waals surface area (Å²) in [5.74, 6) is 0.400. The van der Waals surface area contributed by atoms with Crippen LogP contribution in [-0.2, 0) is 4.74 Å². The molecule has 4 rings (SSSR count). The lowest BCUT2D eigenvalue weighted by Gasteiger charge is -2.24. The van der Waals surface area contributed by atoms with Gasteiger partial charge in [-0.3, -0.25) is 4.79 Å². The van der Waals surface area contributed by atoms with Crippen LogP contribution in [0.5, 0.6) is 0 Å². The Labute approximate surface area is 122 Å². The molecule has 0 spiro atoms. The van der Waals surface area contributed by atoms with Crippen molar-refractivity contribution in [1.82, 2.24) is 9.97 Å². The van der Waals surface area contributed by atoms with Gasteiger partial charge in [-0.15, -0.1) is 0 Å². The van der Waals surface area contributed by atoms with Crippen LogP contribution in [-0.4, -0.2) is 23.2 Å². The third kappa shape index (κ3) is 1.90. The predicted octanol–water partition coefficient (Wildman–Crippen LogP) is 3.21. The molecule has 0 amide bonds. The van der Waals surface area contributed by atoms with Gasteiger partial charge in [0.05, 0.1) is 11.0 Å². The first-order valence-corrected chi connectivity index (χ1v) is 7.46. The number of pyridine rings is 1. The monoisotopic (exact) mass is 282 g/mol. The van der Waals surface area contributed by atoms with Gasteiger partial charge in [0.2, 0.25) is 0 Å². The van der Waals surface area contributed by atoms with E-state index in [1.807, 2.05) is 25.1 Å². The summed E-state index contributed by atoms with van der Waals surface area (Å²) in [7, 11) is 0. The fourth-order valence-electron chi connectivity index (χ4n) is 3.49. The molecule has 4 heteroatoms. The minimum atomic E-state index is 0.0220. The molecule has 2 aromatic heterocycles. The van der Waals surface area contributed by atoms with Gasteiger partial charge in [-0.25, -0.2) is 0 Å². The summed E-state index contributed by atoms with van der Waals surface area (Å²) in [4.78, 5) is 18.9. The standard InChI is InChI=1S/C17H18N2O2/c1-10-14(11-6-8-21-9-7-11)16-15(19-17(10)20)12-4-2-3-5-13(12)18-16/h2-5,11,18H,6-9H2,1H3,(H,19,20). The van der Waals surface area contributed by atoms with Crippen molar-refractivity contribution in [3.63, 3.8) is 0 Å². The van der Waals surface area contributed by atoms with Gasteiger partial charge < -0.3 is 14.7 Å². The van der Waals surface area contributed by atoms with Crippen molar-refractivity contribution in [3.05, 3.63) is 45.7 Å². The first-order chi connectivity index (χ1) is 10.3. The van der Waals surface area contributed by atoms with E-state index < -0.39 is 0 Å². The molecule has 3 aromatic rings. The first kappa shape index (κ1) is 12.7. The molecule has 1 aromatic carbocycles. The van der Waals surface area contributed by atoms with Crippen LogP contribution in [0.3, 0.4) is 0 Å². The fourth-order valence-corrected chi connectivity index (χ4v) is 3.49. The average Bonchev–Trinajstić information content (AvgIpc) is 2.87. The van der Waals surface area contributed by atoms with Gasteiger partial charge in [-0.1, -0.05) is 18.2 Å². The number of hydrogen-bond acceptors (Lipinski definition) is 2. The van der Waals surface area contributed by atoms with Gasteiger partial charge in [0.15, 0.2) is 0 Å². The second kappa shape index (κ2) is 4.74. The molecule has 108 valence electrons. The van der Waals surface area contributed by atoms with Crippen LogP contribution in [0.2, 0.25) is 0 Å². The molecular weight excluding hydrogens is 264 g/mol. The van der Waals surface area contributed by atoms with Crippen molar-refractivity contribution in [3.8, 4) is 0 Å². The van der Waals surface area contributed by atoms with Crippen LogP contribution in [0.15, 0.2) is 29.1 Å². The molecule has 4 nitrogen and oxygen atoms in total. The van der Waals surface area contributed by atoms with Gasteiger partial charge in [-0.05, 0) is 37.3 Å². The summed E-state index contributed by atoms with van der Waals surface area (Å²) in [5.41, 5.74) is 5.12. The lowest BCUT2D eigenvalue weighted by Crippen LogP contribution is -2.20. The Hall–Kier alpha value is -2.07. The van der Waals surface area contributed by atoms with E-state index >= 15 is 0 Å². The Balaban J connectivity index is 2.07. The summed E-state index contributed by atoms with van der Waals surface area (Å²) < 4.78 is 5.47. The van der Waals surface area contributed by atoms with Crippen LogP contribution in [0, 0.1) is 6.92 Å². The molecule has 0 bridgehead atoms. The van der Waals surface area contributed by atoms with Crippen molar-refractivity contribution in [1.29, 1.82) is 0 Å². The molecule has 3 heterocycles. The molecule has 1 aliphatic heterocycles. The highest BCUT2D eigenvalue weighted by atomic mass is 16.5. The van der Waals surface area contributed by atoms with E-state index in [0.29, 0.717) is 5.92 Å². The zero-order valence-corrected chi connectivity index (χ0v) is 12.0. The summed E-state index contributed by atoms with van der Waals surface area (Å²) >= 11 is 0. The summed E-state index contributed by atoms with van der Waals surface area (Å²) in [5, 5.41) is 1.08. The third-order valence-electron chi connectivity index (χ3n) is 4.59. The lowest BCUT2D eigenvalue weighted by molar-refractivity contribution is 0.0854. The average molecular weight is 282 g/mol. The number of aromatic amines is 2. The third-order valence-corrected chi connectivity index (χ3v) is 4.59. The van der Waals surface area contributed by atoms with Crippen LogP contribution in [0.25, 0.3) is 21.9 Å². The number of hydrogen-bond donors (Lipinski definition) is 2. The summed E-state index contributed by atoms with van der Waals surface area (Å²) in [6.07, 6.45) is 1.96. The highest BCUT2D eigenvalue weighted by molar-refractivity contribution is 6.06. The Morgan fingerprint density at radius 1 is 1.10 bits per heavy atom.